The molecule has 1 aromatic heterocycles. The number of hydrazone groups is 1. The molecule has 2 rings (SSSR count). The Bertz CT molecular complexity index is 678. The van der Waals surface area contributed by atoms with Gasteiger partial charge in [0.25, 0.3) is 0 Å². The number of rotatable bonds is 8. The predicted octanol–water partition coefficient (Wildman–Crippen LogP) is 5.34. The normalized spacial score (nSPS) is 11.8. The van der Waals surface area contributed by atoms with E-state index in [0.717, 1.165) is 48.3 Å². The molecule has 0 atom stereocenters. The molecule has 4 nitrogen and oxygen atoms in total. The minimum atomic E-state index is 0.538. The molecule has 1 aromatic carbocycles. The van der Waals surface area contributed by atoms with Gasteiger partial charge in [0.05, 0.1) is 5.71 Å². The average molecular weight is 338 g/mol. The summed E-state index contributed by atoms with van der Waals surface area (Å²) in [4.78, 5) is 9.16. The van der Waals surface area contributed by atoms with E-state index in [0.29, 0.717) is 11.9 Å². The fourth-order valence-corrected chi connectivity index (χ4v) is 2.68. The van der Waals surface area contributed by atoms with Gasteiger partial charge in [0.15, 0.2) is 0 Å². The van der Waals surface area contributed by atoms with Crippen molar-refractivity contribution >= 4 is 11.7 Å². The van der Waals surface area contributed by atoms with Crippen LogP contribution in [-0.4, -0.2) is 15.7 Å². The van der Waals surface area contributed by atoms with Crippen LogP contribution in [0.1, 0.15) is 75.9 Å². The Morgan fingerprint density at radius 1 is 1.00 bits per heavy atom. The van der Waals surface area contributed by atoms with Crippen LogP contribution in [0.5, 0.6) is 0 Å². The highest BCUT2D eigenvalue weighted by molar-refractivity contribution is 5.99. The lowest BCUT2D eigenvalue weighted by atomic mass is 10.0. The first-order valence-corrected chi connectivity index (χ1v) is 9.31. The SMILES string of the molecule is CCCc1cc(CCC)nc(NN=C(C)c2ccc(C(C)C)cc2)n1. The lowest BCUT2D eigenvalue weighted by Crippen LogP contribution is -2.06. The van der Waals surface area contributed by atoms with E-state index in [1.54, 1.807) is 0 Å². The molecule has 1 heterocycles. The monoisotopic (exact) mass is 338 g/mol. The molecule has 0 aliphatic carbocycles. The van der Waals surface area contributed by atoms with E-state index in [9.17, 15) is 0 Å². The van der Waals surface area contributed by atoms with Gasteiger partial charge in [-0.05, 0) is 42.9 Å². The third-order valence-corrected chi connectivity index (χ3v) is 4.16. The first-order valence-electron chi connectivity index (χ1n) is 9.31. The van der Waals surface area contributed by atoms with E-state index < -0.39 is 0 Å². The van der Waals surface area contributed by atoms with Gasteiger partial charge in [0, 0.05) is 11.4 Å². The van der Waals surface area contributed by atoms with Crippen LogP contribution in [0.4, 0.5) is 5.95 Å². The molecule has 1 N–H and O–H groups in total. The second-order valence-electron chi connectivity index (χ2n) is 6.76. The number of nitrogens with zero attached hydrogens (tertiary/aromatic N) is 3. The number of hydrogen-bond donors (Lipinski definition) is 1. The molecule has 0 unspecified atom stereocenters. The van der Waals surface area contributed by atoms with Gasteiger partial charge in [-0.1, -0.05) is 64.8 Å². The Kier molecular flexibility index (Phi) is 7.11. The molecule has 25 heavy (non-hydrogen) atoms. The van der Waals surface area contributed by atoms with Gasteiger partial charge in [0.2, 0.25) is 5.95 Å². The molecular formula is C21H30N4. The lowest BCUT2D eigenvalue weighted by molar-refractivity contribution is 0.830. The topological polar surface area (TPSA) is 50.2 Å². The highest BCUT2D eigenvalue weighted by Gasteiger charge is 2.05. The van der Waals surface area contributed by atoms with Crippen molar-refractivity contribution in [2.24, 2.45) is 5.10 Å². The van der Waals surface area contributed by atoms with Crippen molar-refractivity contribution in [2.75, 3.05) is 5.43 Å². The average Bonchev–Trinajstić information content (AvgIpc) is 2.60. The zero-order valence-corrected chi connectivity index (χ0v) is 16.1. The number of benzene rings is 1. The van der Waals surface area contributed by atoms with Gasteiger partial charge in [-0.3, -0.25) is 0 Å². The van der Waals surface area contributed by atoms with Crippen LogP contribution in [0.2, 0.25) is 0 Å². The van der Waals surface area contributed by atoms with E-state index in [1.807, 2.05) is 6.92 Å². The minimum Gasteiger partial charge on any atom is -0.245 e. The zero-order valence-electron chi connectivity index (χ0n) is 16.1. The van der Waals surface area contributed by atoms with E-state index in [-0.39, 0.29) is 0 Å². The first-order chi connectivity index (χ1) is 12.0. The second kappa shape index (κ2) is 9.30. The summed E-state index contributed by atoms with van der Waals surface area (Å²) < 4.78 is 0. The first kappa shape index (κ1) is 19.1. The van der Waals surface area contributed by atoms with Crippen molar-refractivity contribution in [2.45, 2.75) is 66.2 Å². The maximum atomic E-state index is 4.58. The Morgan fingerprint density at radius 2 is 1.56 bits per heavy atom. The summed E-state index contributed by atoms with van der Waals surface area (Å²) in [7, 11) is 0. The molecule has 0 radical (unpaired) electrons. The fourth-order valence-electron chi connectivity index (χ4n) is 2.68. The summed E-state index contributed by atoms with van der Waals surface area (Å²) in [6.45, 7) is 10.7. The number of aryl methyl sites for hydroxylation is 2. The summed E-state index contributed by atoms with van der Waals surface area (Å²) in [6, 6.07) is 10.7. The van der Waals surface area contributed by atoms with Crippen molar-refractivity contribution < 1.29 is 0 Å². The third kappa shape index (κ3) is 5.66. The molecular weight excluding hydrogens is 308 g/mol. The van der Waals surface area contributed by atoms with E-state index in [4.69, 9.17) is 0 Å². The predicted molar refractivity (Wildman–Crippen MR) is 106 cm³/mol. The van der Waals surface area contributed by atoms with Crippen LogP contribution in [-0.2, 0) is 12.8 Å². The Balaban J connectivity index is 2.15. The molecule has 134 valence electrons. The molecule has 4 heteroatoms. The number of nitrogens with one attached hydrogen (secondary N) is 1. The van der Waals surface area contributed by atoms with Crippen LogP contribution in [0.25, 0.3) is 0 Å². The number of aromatic nitrogens is 2. The second-order valence-corrected chi connectivity index (χ2v) is 6.76. The van der Waals surface area contributed by atoms with Crippen LogP contribution in [0.3, 0.4) is 0 Å². The highest BCUT2D eigenvalue weighted by atomic mass is 15.4. The van der Waals surface area contributed by atoms with Gasteiger partial charge in [-0.2, -0.15) is 5.10 Å². The van der Waals surface area contributed by atoms with Crippen LogP contribution < -0.4 is 5.43 Å². The van der Waals surface area contributed by atoms with Crippen LogP contribution in [0.15, 0.2) is 35.4 Å². The van der Waals surface area contributed by atoms with Crippen molar-refractivity contribution in [3.05, 3.63) is 52.8 Å². The minimum absolute atomic E-state index is 0.538. The van der Waals surface area contributed by atoms with Gasteiger partial charge >= 0.3 is 0 Å². The zero-order chi connectivity index (χ0) is 18.2. The molecule has 0 saturated heterocycles. The van der Waals surface area contributed by atoms with E-state index in [1.165, 1.54) is 5.56 Å². The molecule has 0 fully saturated rings. The van der Waals surface area contributed by atoms with E-state index >= 15 is 0 Å². The quantitative estimate of drug-likeness (QED) is 0.522. The summed E-state index contributed by atoms with van der Waals surface area (Å²) in [5.41, 5.74) is 8.58. The lowest BCUT2D eigenvalue weighted by Gasteiger charge is -2.08. The largest absolute Gasteiger partial charge is 0.245 e. The van der Waals surface area contributed by atoms with Gasteiger partial charge in [-0.25, -0.2) is 15.4 Å². The van der Waals surface area contributed by atoms with E-state index in [2.05, 4.69) is 78.5 Å². The van der Waals surface area contributed by atoms with Gasteiger partial charge in [0.1, 0.15) is 0 Å². The Hall–Kier alpha value is -2.23. The molecule has 0 amide bonds. The van der Waals surface area contributed by atoms with Gasteiger partial charge in [-0.15, -0.1) is 0 Å². The Morgan fingerprint density at radius 3 is 2.04 bits per heavy atom. The standard InChI is InChI=1S/C21H30N4/c1-6-8-19-14-20(9-7-2)23-21(22-19)25-24-16(5)18-12-10-17(11-13-18)15(3)4/h10-15H,6-9H2,1-5H3,(H,22,23,25). The summed E-state index contributed by atoms with van der Waals surface area (Å²) >= 11 is 0. The number of hydrogen-bond acceptors (Lipinski definition) is 4. The Labute approximate surface area is 151 Å². The number of anilines is 1. The summed E-state index contributed by atoms with van der Waals surface area (Å²) in [5, 5.41) is 4.48. The van der Waals surface area contributed by atoms with Crippen molar-refractivity contribution in [3.8, 4) is 0 Å². The summed E-state index contributed by atoms with van der Waals surface area (Å²) in [6.07, 6.45) is 4.08. The molecule has 0 spiro atoms. The van der Waals surface area contributed by atoms with Crippen molar-refractivity contribution in [1.82, 2.24) is 9.97 Å². The van der Waals surface area contributed by atoms with Crippen LogP contribution in [0, 0.1) is 0 Å². The maximum absolute atomic E-state index is 4.58. The smallest absolute Gasteiger partial charge is 0.243 e. The fraction of sp³-hybridized carbons (Fsp3) is 0.476. The molecule has 2 aromatic rings. The van der Waals surface area contributed by atoms with Crippen LogP contribution >= 0.6 is 0 Å². The van der Waals surface area contributed by atoms with Crippen molar-refractivity contribution in [3.63, 3.8) is 0 Å². The summed E-state index contributed by atoms with van der Waals surface area (Å²) in [5.74, 6) is 1.13. The third-order valence-electron chi connectivity index (χ3n) is 4.16. The molecule has 0 aliphatic rings. The molecule has 0 bridgehead atoms. The molecule has 0 aliphatic heterocycles. The molecule has 0 saturated carbocycles. The van der Waals surface area contributed by atoms with Crippen molar-refractivity contribution in [1.29, 1.82) is 0 Å². The highest BCUT2D eigenvalue weighted by Crippen LogP contribution is 2.15. The maximum Gasteiger partial charge on any atom is 0.243 e. The van der Waals surface area contributed by atoms with Gasteiger partial charge < -0.3 is 0 Å².